The summed E-state index contributed by atoms with van der Waals surface area (Å²) in [5.41, 5.74) is 0.296. The van der Waals surface area contributed by atoms with Gasteiger partial charge in [-0.3, -0.25) is 4.79 Å². The van der Waals surface area contributed by atoms with Gasteiger partial charge < -0.3 is 14.3 Å². The fourth-order valence-corrected chi connectivity index (χ4v) is 1.77. The molecule has 2 aromatic rings. The highest BCUT2D eigenvalue weighted by atomic mass is 16.5. The zero-order valence-corrected chi connectivity index (χ0v) is 10.5. The first-order valence-corrected chi connectivity index (χ1v) is 6.01. The lowest BCUT2D eigenvalue weighted by molar-refractivity contribution is -0.144. The molecular formula is C14H14O5. The van der Waals surface area contributed by atoms with Gasteiger partial charge in [0.05, 0.1) is 0 Å². The van der Waals surface area contributed by atoms with E-state index in [1.165, 1.54) is 18.2 Å². The molecule has 0 fully saturated rings. The lowest BCUT2D eigenvalue weighted by atomic mass is 10.1. The van der Waals surface area contributed by atoms with Crippen LogP contribution in [0.5, 0.6) is 5.75 Å². The third kappa shape index (κ3) is 3.13. The zero-order chi connectivity index (χ0) is 13.8. The maximum Gasteiger partial charge on any atom is 0.336 e. The standard InChI is InChI=1S/C14H14O5/c1-2-3-13(16)18-8-9-6-14(17)19-12-7-10(15)4-5-11(9)12/h4-7,15H,2-3,8H2,1H3. The Balaban J connectivity index is 2.32. The van der Waals surface area contributed by atoms with Gasteiger partial charge in [-0.1, -0.05) is 6.92 Å². The number of esters is 1. The van der Waals surface area contributed by atoms with Gasteiger partial charge in [0.2, 0.25) is 0 Å². The largest absolute Gasteiger partial charge is 0.508 e. The van der Waals surface area contributed by atoms with Crippen molar-refractivity contribution in [2.24, 2.45) is 0 Å². The lowest BCUT2D eigenvalue weighted by Crippen LogP contribution is -2.07. The molecule has 100 valence electrons. The van der Waals surface area contributed by atoms with E-state index >= 15 is 0 Å². The van der Waals surface area contributed by atoms with Gasteiger partial charge in [0.15, 0.2) is 0 Å². The summed E-state index contributed by atoms with van der Waals surface area (Å²) in [6, 6.07) is 5.75. The summed E-state index contributed by atoms with van der Waals surface area (Å²) >= 11 is 0. The number of aromatic hydroxyl groups is 1. The molecule has 0 unspecified atom stereocenters. The third-order valence-electron chi connectivity index (χ3n) is 2.66. The van der Waals surface area contributed by atoms with Crippen molar-refractivity contribution in [2.75, 3.05) is 0 Å². The monoisotopic (exact) mass is 262 g/mol. The average molecular weight is 262 g/mol. The average Bonchev–Trinajstić information content (AvgIpc) is 2.35. The van der Waals surface area contributed by atoms with Crippen molar-refractivity contribution in [3.05, 3.63) is 40.2 Å². The van der Waals surface area contributed by atoms with Crippen LogP contribution in [0, 0.1) is 0 Å². The minimum Gasteiger partial charge on any atom is -0.508 e. The smallest absolute Gasteiger partial charge is 0.336 e. The van der Waals surface area contributed by atoms with Crippen molar-refractivity contribution in [3.63, 3.8) is 0 Å². The first-order chi connectivity index (χ1) is 9.10. The highest BCUT2D eigenvalue weighted by molar-refractivity contribution is 5.81. The van der Waals surface area contributed by atoms with Crippen molar-refractivity contribution in [3.8, 4) is 5.75 Å². The van der Waals surface area contributed by atoms with Crippen LogP contribution in [0.1, 0.15) is 25.3 Å². The molecule has 0 amide bonds. The molecule has 0 radical (unpaired) electrons. The summed E-state index contributed by atoms with van der Waals surface area (Å²) in [6.07, 6.45) is 1.06. The Hall–Kier alpha value is -2.30. The number of phenols is 1. The number of ether oxygens (including phenoxy) is 1. The number of hydrogen-bond donors (Lipinski definition) is 1. The Kier molecular flexibility index (Phi) is 3.85. The number of benzene rings is 1. The first kappa shape index (κ1) is 13.1. The van der Waals surface area contributed by atoms with Gasteiger partial charge in [0, 0.05) is 29.5 Å². The van der Waals surface area contributed by atoms with E-state index in [-0.39, 0.29) is 23.9 Å². The van der Waals surface area contributed by atoms with Gasteiger partial charge in [-0.15, -0.1) is 0 Å². The summed E-state index contributed by atoms with van der Waals surface area (Å²) < 4.78 is 10.1. The quantitative estimate of drug-likeness (QED) is 0.676. The fraction of sp³-hybridized carbons (Fsp3) is 0.286. The molecule has 0 atom stereocenters. The van der Waals surface area contributed by atoms with Gasteiger partial charge in [-0.2, -0.15) is 0 Å². The molecule has 0 bridgehead atoms. The Labute approximate surface area is 109 Å². The maximum atomic E-state index is 11.4. The molecule has 5 nitrogen and oxygen atoms in total. The number of rotatable bonds is 4. The van der Waals surface area contributed by atoms with Crippen LogP contribution in [0.3, 0.4) is 0 Å². The lowest BCUT2D eigenvalue weighted by Gasteiger charge is -2.06. The second kappa shape index (κ2) is 5.56. The second-order valence-corrected chi connectivity index (χ2v) is 4.18. The van der Waals surface area contributed by atoms with Crippen LogP contribution in [0.4, 0.5) is 0 Å². The van der Waals surface area contributed by atoms with Gasteiger partial charge in [-0.25, -0.2) is 4.79 Å². The summed E-state index contributed by atoms with van der Waals surface area (Å²) in [4.78, 5) is 22.7. The molecule has 0 aliphatic heterocycles. The van der Waals surface area contributed by atoms with Crippen molar-refractivity contribution in [2.45, 2.75) is 26.4 Å². The normalized spacial score (nSPS) is 10.6. The molecule has 1 aromatic carbocycles. The molecule has 5 heteroatoms. The van der Waals surface area contributed by atoms with E-state index in [2.05, 4.69) is 0 Å². The van der Waals surface area contributed by atoms with Gasteiger partial charge >= 0.3 is 11.6 Å². The number of hydrogen-bond acceptors (Lipinski definition) is 5. The number of fused-ring (bicyclic) bond motifs is 1. The van der Waals surface area contributed by atoms with Crippen molar-refractivity contribution in [1.29, 1.82) is 0 Å². The van der Waals surface area contributed by atoms with Crippen LogP contribution in [0.25, 0.3) is 11.0 Å². The Morgan fingerprint density at radius 1 is 1.37 bits per heavy atom. The number of carbonyl (C=O) groups excluding carboxylic acids is 1. The minimum absolute atomic E-state index is 0.00998. The first-order valence-electron chi connectivity index (χ1n) is 6.01. The zero-order valence-electron chi connectivity index (χ0n) is 10.5. The molecule has 19 heavy (non-hydrogen) atoms. The van der Waals surface area contributed by atoms with Crippen LogP contribution in [0.15, 0.2) is 33.5 Å². The van der Waals surface area contributed by atoms with E-state index in [1.54, 1.807) is 6.07 Å². The molecule has 0 spiro atoms. The predicted octanol–water partition coefficient (Wildman–Crippen LogP) is 2.34. The van der Waals surface area contributed by atoms with Crippen LogP contribution >= 0.6 is 0 Å². The van der Waals surface area contributed by atoms with Crippen LogP contribution in [0.2, 0.25) is 0 Å². The predicted molar refractivity (Wildman–Crippen MR) is 68.9 cm³/mol. The van der Waals surface area contributed by atoms with E-state index in [1.807, 2.05) is 6.92 Å². The molecule has 1 aromatic heterocycles. The molecular weight excluding hydrogens is 248 g/mol. The van der Waals surface area contributed by atoms with Gasteiger partial charge in [-0.05, 0) is 18.6 Å². The molecule has 2 rings (SSSR count). The molecule has 0 aliphatic rings. The Morgan fingerprint density at radius 2 is 2.16 bits per heavy atom. The van der Waals surface area contributed by atoms with Crippen molar-refractivity contribution >= 4 is 16.9 Å². The fourth-order valence-electron chi connectivity index (χ4n) is 1.77. The summed E-state index contributed by atoms with van der Waals surface area (Å²) in [5, 5.41) is 9.99. The molecule has 1 heterocycles. The molecule has 0 saturated heterocycles. The topological polar surface area (TPSA) is 76.7 Å². The second-order valence-electron chi connectivity index (χ2n) is 4.18. The van der Waals surface area contributed by atoms with Gasteiger partial charge in [0.25, 0.3) is 0 Å². The van der Waals surface area contributed by atoms with Crippen LogP contribution in [-0.2, 0) is 16.1 Å². The SMILES string of the molecule is CCCC(=O)OCc1cc(=O)oc2cc(O)ccc12. The van der Waals surface area contributed by atoms with E-state index in [0.29, 0.717) is 23.8 Å². The van der Waals surface area contributed by atoms with E-state index in [0.717, 1.165) is 0 Å². The van der Waals surface area contributed by atoms with E-state index in [9.17, 15) is 14.7 Å². The highest BCUT2D eigenvalue weighted by Gasteiger charge is 2.09. The third-order valence-corrected chi connectivity index (χ3v) is 2.66. The van der Waals surface area contributed by atoms with E-state index in [4.69, 9.17) is 9.15 Å². The summed E-state index contributed by atoms with van der Waals surface area (Å²) in [7, 11) is 0. The number of carbonyl (C=O) groups is 1. The molecule has 0 aliphatic carbocycles. The Morgan fingerprint density at radius 3 is 2.89 bits per heavy atom. The minimum atomic E-state index is -0.542. The molecule has 1 N–H and O–H groups in total. The van der Waals surface area contributed by atoms with Crippen LogP contribution < -0.4 is 5.63 Å². The van der Waals surface area contributed by atoms with Crippen molar-refractivity contribution < 1.29 is 19.1 Å². The van der Waals surface area contributed by atoms with Gasteiger partial charge in [0.1, 0.15) is 17.9 Å². The van der Waals surface area contributed by atoms with Crippen molar-refractivity contribution in [1.82, 2.24) is 0 Å². The van der Waals surface area contributed by atoms with Crippen LogP contribution in [-0.4, -0.2) is 11.1 Å². The van der Waals surface area contributed by atoms with E-state index < -0.39 is 5.63 Å². The maximum absolute atomic E-state index is 11.4. The molecule has 0 saturated carbocycles. The summed E-state index contributed by atoms with van der Waals surface area (Å²) in [5.74, 6) is -0.293. The number of phenolic OH excluding ortho intramolecular Hbond substituents is 1. The summed E-state index contributed by atoms with van der Waals surface area (Å²) in [6.45, 7) is 1.91. The highest BCUT2D eigenvalue weighted by Crippen LogP contribution is 2.22. The Bertz CT molecular complexity index is 656.